The molecule has 1 amide bonds. The molecule has 0 aliphatic heterocycles. The van der Waals surface area contributed by atoms with Crippen molar-refractivity contribution >= 4 is 11.9 Å². The van der Waals surface area contributed by atoms with Gasteiger partial charge >= 0.3 is 5.97 Å². The van der Waals surface area contributed by atoms with Crippen molar-refractivity contribution in [3.8, 4) is 0 Å². The van der Waals surface area contributed by atoms with Crippen molar-refractivity contribution in [2.24, 2.45) is 0 Å². The van der Waals surface area contributed by atoms with Gasteiger partial charge in [0.2, 0.25) is 5.91 Å². The number of unbranched alkanes of at least 4 members (excludes halogenated alkanes) is 75. The number of ether oxygens (including phenoxy) is 1. The summed E-state index contributed by atoms with van der Waals surface area (Å²) in [6, 6.07) is -0.624. The predicted molar refractivity (Wildman–Crippen MR) is 426 cm³/mol. The number of amides is 1. The summed E-state index contributed by atoms with van der Waals surface area (Å²) in [5.41, 5.74) is 0. The second-order valence-electron chi connectivity index (χ2n) is 31.3. The first-order valence-electron chi connectivity index (χ1n) is 45.0. The molecule has 0 aliphatic rings. The molecule has 0 saturated carbocycles. The number of rotatable bonds is 86. The molecule has 3 N–H and O–H groups in total. The van der Waals surface area contributed by atoms with Gasteiger partial charge in [0.15, 0.2) is 0 Å². The Morgan fingerprint density at radius 1 is 0.281 bits per heavy atom. The molecule has 0 fully saturated rings. The number of esters is 1. The van der Waals surface area contributed by atoms with Crippen LogP contribution in [0.5, 0.6) is 0 Å². The maximum absolute atomic E-state index is 12.6. The van der Waals surface area contributed by atoms with Crippen molar-refractivity contribution in [3.05, 3.63) is 12.2 Å². The lowest BCUT2D eigenvalue weighted by Crippen LogP contribution is -2.45. The summed E-state index contributed by atoms with van der Waals surface area (Å²) in [6.45, 7) is 4.98. The van der Waals surface area contributed by atoms with Gasteiger partial charge in [-0.25, -0.2) is 0 Å². The Kier molecular flexibility index (Phi) is 84.8. The maximum atomic E-state index is 12.6. The monoisotopic (exact) mass is 1350 g/mol. The molecule has 6 heteroatoms. The standard InChI is InChI=1S/C90H177NO5/c1-3-5-7-9-11-13-15-17-19-21-22-23-24-42-45-48-51-54-58-62-66-70-74-78-82-88(93)87(86-92)91-89(94)83-79-75-71-67-63-59-55-52-49-46-43-40-38-36-34-32-30-28-26-25-27-29-31-33-35-37-39-41-44-47-50-53-57-61-65-69-73-77-81-85-96-90(95)84-80-76-72-68-64-60-56-20-18-16-14-12-10-8-6-4-2/h78,82,87-88,92-93H,3-77,79-81,83-86H2,1-2H3,(H,91,94)/b82-78+. The molecule has 0 aromatic heterocycles. The van der Waals surface area contributed by atoms with Gasteiger partial charge in [0.1, 0.15) is 0 Å². The second-order valence-corrected chi connectivity index (χ2v) is 31.3. The van der Waals surface area contributed by atoms with Crippen LogP contribution in [0.1, 0.15) is 528 Å². The lowest BCUT2D eigenvalue weighted by atomic mass is 10.0. The van der Waals surface area contributed by atoms with E-state index in [1.165, 1.54) is 462 Å². The summed E-state index contributed by atoms with van der Waals surface area (Å²) >= 11 is 0. The van der Waals surface area contributed by atoms with E-state index in [1.807, 2.05) is 6.08 Å². The first kappa shape index (κ1) is 94.6. The average molecular weight is 1350 g/mol. The lowest BCUT2D eigenvalue weighted by molar-refractivity contribution is -0.143. The molecule has 2 unspecified atom stereocenters. The molecule has 0 aromatic rings. The van der Waals surface area contributed by atoms with E-state index >= 15 is 0 Å². The molecule has 0 rings (SSSR count). The Labute approximate surface area is 603 Å². The van der Waals surface area contributed by atoms with Gasteiger partial charge in [-0.3, -0.25) is 9.59 Å². The molecule has 0 saturated heterocycles. The van der Waals surface area contributed by atoms with Crippen LogP contribution in [0.3, 0.4) is 0 Å². The highest BCUT2D eigenvalue weighted by Crippen LogP contribution is 2.22. The maximum Gasteiger partial charge on any atom is 0.305 e. The number of nitrogens with one attached hydrogen (secondary N) is 1. The highest BCUT2D eigenvalue weighted by atomic mass is 16.5. The Hall–Kier alpha value is -1.40. The summed E-state index contributed by atoms with van der Waals surface area (Å²) in [6.07, 6.45) is 111. The van der Waals surface area contributed by atoms with Crippen LogP contribution in [-0.2, 0) is 14.3 Å². The third kappa shape index (κ3) is 81.6. The molecular formula is C90H177NO5. The zero-order chi connectivity index (χ0) is 69.1. The van der Waals surface area contributed by atoms with Crippen molar-refractivity contribution in [3.63, 3.8) is 0 Å². The van der Waals surface area contributed by atoms with Crippen LogP contribution >= 0.6 is 0 Å². The number of carbonyl (C=O) groups excluding carboxylic acids is 2. The molecule has 2 atom stereocenters. The Morgan fingerprint density at radius 2 is 0.479 bits per heavy atom. The van der Waals surface area contributed by atoms with Crippen LogP contribution in [0.2, 0.25) is 0 Å². The molecule has 0 bridgehead atoms. The van der Waals surface area contributed by atoms with Gasteiger partial charge in [-0.2, -0.15) is 0 Å². The molecule has 96 heavy (non-hydrogen) atoms. The topological polar surface area (TPSA) is 95.9 Å². The van der Waals surface area contributed by atoms with Gasteiger partial charge < -0.3 is 20.3 Å². The third-order valence-corrected chi connectivity index (χ3v) is 21.6. The fourth-order valence-electron chi connectivity index (χ4n) is 14.8. The summed E-state index contributed by atoms with van der Waals surface area (Å²) < 4.78 is 5.52. The van der Waals surface area contributed by atoms with E-state index in [2.05, 4.69) is 19.2 Å². The highest BCUT2D eigenvalue weighted by Gasteiger charge is 2.18. The van der Waals surface area contributed by atoms with E-state index in [-0.39, 0.29) is 18.5 Å². The quantitative estimate of drug-likeness (QED) is 0.0320. The number of aliphatic hydroxyl groups excluding tert-OH is 2. The van der Waals surface area contributed by atoms with Crippen LogP contribution in [-0.4, -0.2) is 47.4 Å². The smallest absolute Gasteiger partial charge is 0.305 e. The number of hydrogen-bond donors (Lipinski definition) is 3. The van der Waals surface area contributed by atoms with Crippen molar-refractivity contribution in [1.82, 2.24) is 5.32 Å². The average Bonchev–Trinajstić information content (AvgIpc) is 2.46. The Morgan fingerprint density at radius 3 is 0.708 bits per heavy atom. The van der Waals surface area contributed by atoms with Crippen LogP contribution in [0.25, 0.3) is 0 Å². The second kappa shape index (κ2) is 86.0. The van der Waals surface area contributed by atoms with Crippen molar-refractivity contribution in [2.75, 3.05) is 13.2 Å². The fraction of sp³-hybridized carbons (Fsp3) is 0.956. The van der Waals surface area contributed by atoms with E-state index in [0.29, 0.717) is 19.4 Å². The van der Waals surface area contributed by atoms with Crippen LogP contribution in [0.15, 0.2) is 12.2 Å². The van der Waals surface area contributed by atoms with Gasteiger partial charge in [-0.1, -0.05) is 495 Å². The van der Waals surface area contributed by atoms with E-state index in [4.69, 9.17) is 4.74 Å². The highest BCUT2D eigenvalue weighted by molar-refractivity contribution is 5.76. The van der Waals surface area contributed by atoms with Gasteiger partial charge in [-0.05, 0) is 32.1 Å². The van der Waals surface area contributed by atoms with E-state index in [1.54, 1.807) is 6.08 Å². The van der Waals surface area contributed by atoms with Crippen molar-refractivity contribution < 1.29 is 24.5 Å². The minimum absolute atomic E-state index is 0.0288. The van der Waals surface area contributed by atoms with Gasteiger partial charge in [0.05, 0.1) is 25.4 Å². The first-order chi connectivity index (χ1) is 47.5. The summed E-state index contributed by atoms with van der Waals surface area (Å²) in [5, 5.41) is 23.3. The SMILES string of the molecule is CCCCCCCCCCCCCCCCCCCCCCCC/C=C/C(O)C(CO)NC(=O)CCCCCCCCCCCCCCCCCCCCCCCCCCCCCCCCCCCCCCCCCOC(=O)CCCCCCCCCCCCCCCCCC. The van der Waals surface area contributed by atoms with Crippen molar-refractivity contribution in [2.45, 2.75) is 540 Å². The van der Waals surface area contributed by atoms with E-state index in [9.17, 15) is 19.8 Å². The normalized spacial score (nSPS) is 12.4. The largest absolute Gasteiger partial charge is 0.466 e. The Bertz CT molecular complexity index is 1470. The minimum Gasteiger partial charge on any atom is -0.466 e. The zero-order valence-electron chi connectivity index (χ0n) is 65.9. The number of carbonyl (C=O) groups is 2. The van der Waals surface area contributed by atoms with E-state index in [0.717, 1.165) is 38.5 Å². The zero-order valence-corrected chi connectivity index (χ0v) is 65.9. The summed E-state index contributed by atoms with van der Waals surface area (Å²) in [7, 11) is 0. The lowest BCUT2D eigenvalue weighted by Gasteiger charge is -2.20. The summed E-state index contributed by atoms with van der Waals surface area (Å²) in [5.74, 6) is -0.0267. The molecule has 0 aliphatic carbocycles. The molecule has 0 aromatic carbocycles. The predicted octanol–water partition coefficient (Wildman–Crippen LogP) is 30.2. The van der Waals surface area contributed by atoms with Gasteiger partial charge in [0, 0.05) is 12.8 Å². The number of allylic oxidation sites excluding steroid dienone is 1. The van der Waals surface area contributed by atoms with Crippen LogP contribution < -0.4 is 5.32 Å². The third-order valence-electron chi connectivity index (χ3n) is 21.6. The van der Waals surface area contributed by atoms with Crippen LogP contribution in [0, 0.1) is 0 Å². The van der Waals surface area contributed by atoms with Gasteiger partial charge in [-0.15, -0.1) is 0 Å². The Balaban J connectivity index is 3.31. The number of aliphatic hydroxyl groups is 2. The summed E-state index contributed by atoms with van der Waals surface area (Å²) in [4.78, 5) is 24.7. The molecule has 0 heterocycles. The number of hydrogen-bond acceptors (Lipinski definition) is 5. The van der Waals surface area contributed by atoms with Crippen LogP contribution in [0.4, 0.5) is 0 Å². The van der Waals surface area contributed by atoms with Gasteiger partial charge in [0.25, 0.3) is 0 Å². The molecular weight excluding hydrogens is 1170 g/mol. The fourth-order valence-corrected chi connectivity index (χ4v) is 14.8. The molecule has 572 valence electrons. The molecule has 0 radical (unpaired) electrons. The molecule has 0 spiro atoms. The van der Waals surface area contributed by atoms with E-state index < -0.39 is 12.1 Å². The first-order valence-corrected chi connectivity index (χ1v) is 45.0. The van der Waals surface area contributed by atoms with Crippen molar-refractivity contribution in [1.29, 1.82) is 0 Å². The molecule has 6 nitrogen and oxygen atoms in total. The minimum atomic E-state index is -0.841.